The largest absolute Gasteiger partial charge is 0.356 e. The Balaban J connectivity index is 2.06. The van der Waals surface area contributed by atoms with E-state index >= 15 is 0 Å². The third kappa shape index (κ3) is 10.5. The first-order valence-corrected chi connectivity index (χ1v) is 14.4. The summed E-state index contributed by atoms with van der Waals surface area (Å²) in [7, 11) is 0. The highest BCUT2D eigenvalue weighted by atomic mass is 16.2. The summed E-state index contributed by atoms with van der Waals surface area (Å²) >= 11 is 0. The van der Waals surface area contributed by atoms with Crippen molar-refractivity contribution in [3.05, 3.63) is 35.4 Å². The molecule has 37 heavy (non-hydrogen) atoms. The Morgan fingerprint density at radius 2 is 1.70 bits per heavy atom. The van der Waals surface area contributed by atoms with E-state index in [4.69, 9.17) is 5.73 Å². The molecule has 0 bridgehead atoms. The van der Waals surface area contributed by atoms with Crippen LogP contribution in [0.3, 0.4) is 0 Å². The van der Waals surface area contributed by atoms with Crippen molar-refractivity contribution < 1.29 is 14.4 Å². The zero-order valence-corrected chi connectivity index (χ0v) is 23.7. The van der Waals surface area contributed by atoms with Crippen LogP contribution in [0.5, 0.6) is 0 Å². The van der Waals surface area contributed by atoms with Gasteiger partial charge in [0.15, 0.2) is 0 Å². The highest BCUT2D eigenvalue weighted by Gasteiger charge is 2.28. The van der Waals surface area contributed by atoms with Crippen molar-refractivity contribution in [2.75, 3.05) is 19.6 Å². The van der Waals surface area contributed by atoms with E-state index < -0.39 is 0 Å². The molecular formula is C30H50N4O3. The number of benzene rings is 1. The summed E-state index contributed by atoms with van der Waals surface area (Å²) in [5.41, 5.74) is 7.59. The first-order valence-electron chi connectivity index (χ1n) is 14.4. The van der Waals surface area contributed by atoms with Crippen molar-refractivity contribution in [2.24, 2.45) is 23.5 Å². The number of hydrogen-bond acceptors (Lipinski definition) is 4. The minimum Gasteiger partial charge on any atom is -0.356 e. The van der Waals surface area contributed by atoms with Gasteiger partial charge in [0.05, 0.1) is 0 Å². The third-order valence-corrected chi connectivity index (χ3v) is 7.46. The fraction of sp³-hybridized carbons (Fsp3) is 0.700. The van der Waals surface area contributed by atoms with Crippen LogP contribution in [0.4, 0.5) is 0 Å². The minimum atomic E-state index is -0.332. The molecule has 0 heterocycles. The van der Waals surface area contributed by atoms with E-state index in [-0.39, 0.29) is 35.7 Å². The second kappa shape index (κ2) is 15.8. The summed E-state index contributed by atoms with van der Waals surface area (Å²) in [6, 6.07) is 6.40. The van der Waals surface area contributed by atoms with Crippen LogP contribution in [-0.4, -0.2) is 54.3 Å². The van der Waals surface area contributed by atoms with Crippen molar-refractivity contribution >= 4 is 17.7 Å². The monoisotopic (exact) mass is 514 g/mol. The predicted molar refractivity (Wildman–Crippen MR) is 150 cm³/mol. The average Bonchev–Trinajstić information content (AvgIpc) is 3.73. The summed E-state index contributed by atoms with van der Waals surface area (Å²) in [6.45, 7) is 12.3. The third-order valence-electron chi connectivity index (χ3n) is 7.46. The van der Waals surface area contributed by atoms with E-state index in [2.05, 4.69) is 38.3 Å². The summed E-state index contributed by atoms with van der Waals surface area (Å²) in [5.74, 6) is 0.664. The molecule has 208 valence electrons. The Kier molecular flexibility index (Phi) is 13.1. The first kappa shape index (κ1) is 30.8. The van der Waals surface area contributed by atoms with Gasteiger partial charge in [0.1, 0.15) is 0 Å². The lowest BCUT2D eigenvalue weighted by Gasteiger charge is -2.27. The van der Waals surface area contributed by atoms with Crippen molar-refractivity contribution in [1.29, 1.82) is 0 Å². The first-order chi connectivity index (χ1) is 17.7. The van der Waals surface area contributed by atoms with Crippen LogP contribution >= 0.6 is 0 Å². The van der Waals surface area contributed by atoms with Crippen molar-refractivity contribution in [3.8, 4) is 0 Å². The van der Waals surface area contributed by atoms with Crippen molar-refractivity contribution in [1.82, 2.24) is 15.5 Å². The maximum atomic E-state index is 13.3. The quantitative estimate of drug-likeness (QED) is 0.279. The van der Waals surface area contributed by atoms with Gasteiger partial charge < -0.3 is 21.3 Å². The van der Waals surface area contributed by atoms with E-state index in [1.807, 2.05) is 11.8 Å². The van der Waals surface area contributed by atoms with Gasteiger partial charge >= 0.3 is 0 Å². The number of nitrogens with two attached hydrogens (primary N) is 1. The van der Waals surface area contributed by atoms with Gasteiger partial charge in [0.25, 0.3) is 11.8 Å². The molecule has 0 spiro atoms. The zero-order chi connectivity index (χ0) is 27.4. The lowest BCUT2D eigenvalue weighted by Crippen LogP contribution is -2.49. The maximum Gasteiger partial charge on any atom is 0.253 e. The predicted octanol–water partition coefficient (Wildman–Crippen LogP) is 4.75. The van der Waals surface area contributed by atoms with Crippen molar-refractivity contribution in [3.63, 3.8) is 0 Å². The van der Waals surface area contributed by atoms with Crippen LogP contribution in [0, 0.1) is 17.8 Å². The molecule has 4 atom stereocenters. The van der Waals surface area contributed by atoms with E-state index in [9.17, 15) is 14.4 Å². The fourth-order valence-electron chi connectivity index (χ4n) is 4.57. The van der Waals surface area contributed by atoms with Crippen LogP contribution in [0.25, 0.3) is 0 Å². The number of hydrogen-bond donors (Lipinski definition) is 3. The molecule has 1 saturated carbocycles. The lowest BCUT2D eigenvalue weighted by atomic mass is 9.92. The summed E-state index contributed by atoms with van der Waals surface area (Å²) in [4.78, 5) is 40.8. The molecule has 1 aromatic rings. The summed E-state index contributed by atoms with van der Waals surface area (Å²) < 4.78 is 0. The molecule has 0 unspecified atom stereocenters. The van der Waals surface area contributed by atoms with Gasteiger partial charge in [-0.3, -0.25) is 14.4 Å². The molecule has 2 rings (SSSR count). The van der Waals surface area contributed by atoms with Gasteiger partial charge in [-0.2, -0.15) is 0 Å². The Hall–Kier alpha value is -2.41. The highest BCUT2D eigenvalue weighted by molar-refractivity contribution is 5.99. The Bertz CT molecular complexity index is 864. The highest BCUT2D eigenvalue weighted by Crippen LogP contribution is 2.34. The van der Waals surface area contributed by atoms with E-state index in [1.165, 1.54) is 12.8 Å². The molecule has 7 heteroatoms. The normalized spacial score (nSPS) is 16.4. The maximum absolute atomic E-state index is 13.3. The number of carbonyl (C=O) groups is 3. The number of amides is 3. The molecule has 1 fully saturated rings. The summed E-state index contributed by atoms with van der Waals surface area (Å²) in [5, 5.41) is 6.18. The fourth-order valence-corrected chi connectivity index (χ4v) is 4.57. The zero-order valence-electron chi connectivity index (χ0n) is 23.7. The molecule has 0 aromatic heterocycles. The van der Waals surface area contributed by atoms with Crippen LogP contribution in [0.15, 0.2) is 24.3 Å². The van der Waals surface area contributed by atoms with Gasteiger partial charge in [-0.25, -0.2) is 0 Å². The molecule has 3 amide bonds. The number of carbonyl (C=O) groups excluding carboxylic acids is 3. The molecule has 1 aliphatic rings. The number of rotatable bonds is 17. The van der Waals surface area contributed by atoms with E-state index in [0.717, 1.165) is 32.1 Å². The Labute approximate surface area is 224 Å². The molecule has 4 N–H and O–H groups in total. The van der Waals surface area contributed by atoms with Crippen LogP contribution in [0.1, 0.15) is 107 Å². The number of nitrogens with zero attached hydrogens (tertiary/aromatic N) is 1. The Morgan fingerprint density at radius 3 is 2.30 bits per heavy atom. The molecular weight excluding hydrogens is 464 g/mol. The molecule has 1 aromatic carbocycles. The number of nitrogens with one attached hydrogen (secondary N) is 2. The topological polar surface area (TPSA) is 105 Å². The smallest absolute Gasteiger partial charge is 0.253 e. The average molecular weight is 515 g/mol. The second-order valence-electron chi connectivity index (χ2n) is 11.0. The molecule has 7 nitrogen and oxygen atoms in total. The van der Waals surface area contributed by atoms with Gasteiger partial charge in [0, 0.05) is 48.8 Å². The van der Waals surface area contributed by atoms with Crippen LogP contribution in [-0.2, 0) is 4.79 Å². The SMILES string of the molecule is CCCN(CCC)C(=O)c1cccc(C(=O)N[C@@H](CCC2CC2)[C@@H](N)C[C@@H](C)C(=O)NC[C@@H](C)CC)c1. The van der Waals surface area contributed by atoms with Gasteiger partial charge in [-0.05, 0) is 62.1 Å². The molecule has 0 aliphatic heterocycles. The van der Waals surface area contributed by atoms with Crippen LogP contribution < -0.4 is 16.4 Å². The molecule has 0 radical (unpaired) electrons. The van der Waals surface area contributed by atoms with Gasteiger partial charge in [0.2, 0.25) is 5.91 Å². The van der Waals surface area contributed by atoms with E-state index in [0.29, 0.717) is 49.0 Å². The van der Waals surface area contributed by atoms with Gasteiger partial charge in [-0.1, -0.05) is 59.9 Å². The lowest BCUT2D eigenvalue weighted by molar-refractivity contribution is -0.125. The second-order valence-corrected chi connectivity index (χ2v) is 11.0. The standard InChI is InChI=1S/C30H50N4O3/c1-6-16-34(17-7-2)30(37)25-11-9-10-24(19-25)29(36)33-27(15-14-23-12-13-23)26(31)18-22(5)28(35)32-20-21(4)8-3/h9-11,19,21-23,26-27H,6-8,12-18,20,31H2,1-5H3,(H,32,35)(H,33,36)/t21-,22+,26-,27-/m0/s1. The van der Waals surface area contributed by atoms with Crippen molar-refractivity contribution in [2.45, 2.75) is 98.1 Å². The minimum absolute atomic E-state index is 0.0120. The summed E-state index contributed by atoms with van der Waals surface area (Å²) in [6.07, 6.45) is 7.59. The van der Waals surface area contributed by atoms with Crippen LogP contribution in [0.2, 0.25) is 0 Å². The molecule has 0 saturated heterocycles. The van der Waals surface area contributed by atoms with E-state index in [1.54, 1.807) is 24.3 Å². The molecule has 1 aliphatic carbocycles. The Morgan fingerprint density at radius 1 is 1.05 bits per heavy atom. The van der Waals surface area contributed by atoms with Gasteiger partial charge in [-0.15, -0.1) is 0 Å².